The molecule has 0 saturated carbocycles. The molecule has 0 amide bonds. The van der Waals surface area contributed by atoms with Gasteiger partial charge in [0.05, 0.1) is 0 Å². The van der Waals surface area contributed by atoms with Gasteiger partial charge in [0.2, 0.25) is 28.8 Å². The van der Waals surface area contributed by atoms with Gasteiger partial charge in [-0.2, -0.15) is 0 Å². The van der Waals surface area contributed by atoms with Crippen LogP contribution in [0.25, 0.3) is 0 Å². The Labute approximate surface area is 98.9 Å². The molecule has 92 valence electrons. The summed E-state index contributed by atoms with van der Waals surface area (Å²) in [6.45, 7) is 7.07. The lowest BCUT2D eigenvalue weighted by Gasteiger charge is -2.17. The van der Waals surface area contributed by atoms with Crippen LogP contribution in [0.15, 0.2) is 6.07 Å². The van der Waals surface area contributed by atoms with Crippen molar-refractivity contribution in [3.63, 3.8) is 0 Å². The second-order valence-electron chi connectivity index (χ2n) is 5.09. The number of rotatable bonds is 0. The van der Waals surface area contributed by atoms with Crippen LogP contribution in [0.5, 0.6) is 28.7 Å². The standard InChI is InChI=1S/C12H14O5/c1-11(2)14-6-5-7-10(8(13)9(6)16-11)17-12(3,4)15-7/h5,13H,1-4H3. The molecule has 0 fully saturated rings. The van der Waals surface area contributed by atoms with Gasteiger partial charge in [0.25, 0.3) is 0 Å². The average molecular weight is 238 g/mol. The van der Waals surface area contributed by atoms with Gasteiger partial charge >= 0.3 is 0 Å². The Bertz CT molecular complexity index is 462. The highest BCUT2D eigenvalue weighted by Gasteiger charge is 2.42. The molecule has 1 aromatic carbocycles. The maximum absolute atomic E-state index is 10.1. The van der Waals surface area contributed by atoms with Crippen LogP contribution in [0.2, 0.25) is 0 Å². The van der Waals surface area contributed by atoms with E-state index in [1.165, 1.54) is 0 Å². The van der Waals surface area contributed by atoms with Gasteiger partial charge in [0.1, 0.15) is 0 Å². The lowest BCUT2D eigenvalue weighted by atomic mass is 10.2. The number of aromatic hydroxyl groups is 1. The first kappa shape index (κ1) is 10.4. The molecule has 1 aromatic rings. The summed E-state index contributed by atoms with van der Waals surface area (Å²) < 4.78 is 22.1. The number of phenolic OH excluding ortho intramolecular Hbond substituents is 1. The van der Waals surface area contributed by atoms with Crippen molar-refractivity contribution in [1.82, 2.24) is 0 Å². The molecule has 2 aliphatic rings. The molecule has 2 heterocycles. The quantitative estimate of drug-likeness (QED) is 0.752. The molecule has 17 heavy (non-hydrogen) atoms. The van der Waals surface area contributed by atoms with Gasteiger partial charge in [-0.25, -0.2) is 0 Å². The summed E-state index contributed by atoms with van der Waals surface area (Å²) in [5.74, 6) is -0.117. The van der Waals surface area contributed by atoms with Gasteiger partial charge in [-0.05, 0) is 0 Å². The fourth-order valence-electron chi connectivity index (χ4n) is 2.00. The third-order valence-corrected chi connectivity index (χ3v) is 2.55. The fourth-order valence-corrected chi connectivity index (χ4v) is 2.00. The largest absolute Gasteiger partial charge is 0.501 e. The number of fused-ring (bicyclic) bond motifs is 2. The van der Waals surface area contributed by atoms with Gasteiger partial charge in [-0.15, -0.1) is 0 Å². The van der Waals surface area contributed by atoms with Crippen LogP contribution in [0, 0.1) is 0 Å². The minimum Gasteiger partial charge on any atom is -0.501 e. The first-order valence-corrected chi connectivity index (χ1v) is 5.43. The highest BCUT2D eigenvalue weighted by atomic mass is 16.8. The minimum atomic E-state index is -0.787. The summed E-state index contributed by atoms with van der Waals surface area (Å²) in [6, 6.07) is 1.67. The van der Waals surface area contributed by atoms with Gasteiger partial charge in [-0.3, -0.25) is 0 Å². The number of ether oxygens (including phenoxy) is 4. The summed E-state index contributed by atoms with van der Waals surface area (Å²) in [4.78, 5) is 0. The van der Waals surface area contributed by atoms with Crippen molar-refractivity contribution in [2.45, 2.75) is 39.3 Å². The van der Waals surface area contributed by atoms with Crippen molar-refractivity contribution >= 4 is 0 Å². The first-order valence-electron chi connectivity index (χ1n) is 5.43. The lowest BCUT2D eigenvalue weighted by Crippen LogP contribution is -2.30. The molecule has 0 bridgehead atoms. The van der Waals surface area contributed by atoms with E-state index in [0.29, 0.717) is 23.0 Å². The molecule has 0 radical (unpaired) electrons. The van der Waals surface area contributed by atoms with Crippen molar-refractivity contribution in [3.05, 3.63) is 6.07 Å². The predicted molar refractivity (Wildman–Crippen MR) is 58.8 cm³/mol. The molecular weight excluding hydrogens is 224 g/mol. The van der Waals surface area contributed by atoms with Crippen LogP contribution in [0.4, 0.5) is 0 Å². The van der Waals surface area contributed by atoms with Crippen LogP contribution >= 0.6 is 0 Å². The molecule has 0 atom stereocenters. The Kier molecular flexibility index (Phi) is 1.66. The predicted octanol–water partition coefficient (Wildman–Crippen LogP) is 2.41. The second kappa shape index (κ2) is 2.72. The highest BCUT2D eigenvalue weighted by molar-refractivity contribution is 5.67. The van der Waals surface area contributed by atoms with E-state index >= 15 is 0 Å². The second-order valence-corrected chi connectivity index (χ2v) is 5.09. The van der Waals surface area contributed by atoms with Crippen LogP contribution < -0.4 is 18.9 Å². The van der Waals surface area contributed by atoms with Gasteiger partial charge < -0.3 is 24.1 Å². The van der Waals surface area contributed by atoms with E-state index in [9.17, 15) is 5.11 Å². The van der Waals surface area contributed by atoms with E-state index in [1.807, 2.05) is 0 Å². The molecule has 0 aliphatic carbocycles. The number of phenols is 1. The van der Waals surface area contributed by atoms with Crippen molar-refractivity contribution in [1.29, 1.82) is 0 Å². The Balaban J connectivity index is 2.11. The highest BCUT2D eigenvalue weighted by Crippen LogP contribution is 2.57. The van der Waals surface area contributed by atoms with Crippen molar-refractivity contribution in [2.24, 2.45) is 0 Å². The number of benzene rings is 1. The summed E-state index contributed by atoms with van der Waals surface area (Å²) >= 11 is 0. The van der Waals surface area contributed by atoms with E-state index in [0.717, 1.165) is 0 Å². The smallest absolute Gasteiger partial charge is 0.246 e. The molecule has 3 rings (SSSR count). The molecule has 5 heteroatoms. The average Bonchev–Trinajstić information content (AvgIpc) is 2.61. The molecule has 2 aliphatic heterocycles. The minimum absolute atomic E-state index is 0.0753. The normalized spacial score (nSPS) is 21.6. The van der Waals surface area contributed by atoms with Crippen molar-refractivity contribution in [2.75, 3.05) is 0 Å². The van der Waals surface area contributed by atoms with E-state index in [-0.39, 0.29) is 5.75 Å². The van der Waals surface area contributed by atoms with Gasteiger partial charge in [0, 0.05) is 33.8 Å². The third-order valence-electron chi connectivity index (χ3n) is 2.55. The lowest BCUT2D eigenvalue weighted by molar-refractivity contribution is -0.0497. The SMILES string of the molecule is CC1(C)Oc2cc3c(c(O)c2O1)OC(C)(C)O3. The van der Waals surface area contributed by atoms with E-state index in [1.54, 1.807) is 33.8 Å². The maximum atomic E-state index is 10.1. The van der Waals surface area contributed by atoms with Crippen LogP contribution in [-0.4, -0.2) is 16.7 Å². The van der Waals surface area contributed by atoms with E-state index in [4.69, 9.17) is 18.9 Å². The van der Waals surface area contributed by atoms with Crippen molar-refractivity contribution in [3.8, 4) is 28.7 Å². The number of hydrogen-bond donors (Lipinski definition) is 1. The summed E-state index contributed by atoms with van der Waals surface area (Å²) in [7, 11) is 0. The third kappa shape index (κ3) is 1.45. The zero-order chi connectivity index (χ0) is 12.4. The van der Waals surface area contributed by atoms with Crippen LogP contribution in [0.3, 0.4) is 0 Å². The molecule has 0 unspecified atom stereocenters. The molecule has 0 aromatic heterocycles. The molecule has 5 nitrogen and oxygen atoms in total. The topological polar surface area (TPSA) is 57.2 Å². The van der Waals surface area contributed by atoms with Crippen LogP contribution in [0.1, 0.15) is 27.7 Å². The molecule has 0 spiro atoms. The first-order chi connectivity index (χ1) is 7.77. The Morgan fingerprint density at radius 2 is 1.24 bits per heavy atom. The Morgan fingerprint density at radius 1 is 0.824 bits per heavy atom. The molecular formula is C12H14O5. The molecule has 0 saturated heterocycles. The van der Waals surface area contributed by atoms with Crippen molar-refractivity contribution < 1.29 is 24.1 Å². The zero-order valence-corrected chi connectivity index (χ0v) is 10.2. The molecule has 1 N–H and O–H groups in total. The monoisotopic (exact) mass is 238 g/mol. The zero-order valence-electron chi connectivity index (χ0n) is 10.2. The number of hydrogen-bond acceptors (Lipinski definition) is 5. The van der Waals surface area contributed by atoms with E-state index in [2.05, 4.69) is 0 Å². The van der Waals surface area contributed by atoms with Gasteiger partial charge in [0.15, 0.2) is 11.5 Å². The van der Waals surface area contributed by atoms with Gasteiger partial charge in [-0.1, -0.05) is 0 Å². The fraction of sp³-hybridized carbons (Fsp3) is 0.500. The van der Waals surface area contributed by atoms with E-state index < -0.39 is 11.6 Å². The Hall–Kier alpha value is -1.78. The van der Waals surface area contributed by atoms with Crippen LogP contribution in [-0.2, 0) is 0 Å². The summed E-state index contributed by atoms with van der Waals surface area (Å²) in [6.07, 6.45) is 0. The summed E-state index contributed by atoms with van der Waals surface area (Å²) in [5.41, 5.74) is 0. The summed E-state index contributed by atoms with van der Waals surface area (Å²) in [5, 5.41) is 10.1. The maximum Gasteiger partial charge on any atom is 0.246 e. The Morgan fingerprint density at radius 3 is 1.65 bits per heavy atom.